The number of carbonyl (C=O) groups is 3. The molecule has 0 saturated heterocycles. The number of carbonyl (C=O) groups excluding carboxylic acids is 3. The minimum atomic E-state index is -0.396. The topological polar surface area (TPSA) is 114 Å². The summed E-state index contributed by atoms with van der Waals surface area (Å²) in [5.41, 5.74) is 7.23. The highest BCUT2D eigenvalue weighted by Crippen LogP contribution is 2.28. The van der Waals surface area contributed by atoms with E-state index >= 15 is 0 Å². The summed E-state index contributed by atoms with van der Waals surface area (Å²) in [7, 11) is 1.69. The number of para-hydroxylation sites is 1. The lowest BCUT2D eigenvalue weighted by atomic mass is 10.0. The zero-order chi connectivity index (χ0) is 30.2. The standard InChI is InChI=1S/C33H35N5O4/c1-6-34-33(41)25-14-11-24(12-15-25)13-17-30(39)36-19-31(40)38(5)28-16-10-21(2)26(23(28)4)20-42-29-9-7-8-27-32(29)37-22(3)18-35-27/h7-18H,6,19-20H2,1-5H3,(H,34,41)(H,36,39)/b17-13+. The van der Waals surface area contributed by atoms with E-state index < -0.39 is 5.91 Å². The predicted molar refractivity (Wildman–Crippen MR) is 164 cm³/mol. The minimum Gasteiger partial charge on any atom is -0.487 e. The zero-order valence-electron chi connectivity index (χ0n) is 24.5. The molecule has 4 rings (SSSR count). The second-order valence-corrected chi connectivity index (χ2v) is 9.91. The normalized spacial score (nSPS) is 11.0. The van der Waals surface area contributed by atoms with E-state index in [1.165, 1.54) is 11.0 Å². The number of benzene rings is 3. The van der Waals surface area contributed by atoms with Crippen molar-refractivity contribution in [3.05, 3.63) is 100 Å². The summed E-state index contributed by atoms with van der Waals surface area (Å²) in [6, 6.07) is 16.4. The van der Waals surface area contributed by atoms with Crippen LogP contribution in [-0.4, -0.2) is 47.8 Å². The van der Waals surface area contributed by atoms with E-state index in [9.17, 15) is 14.4 Å². The van der Waals surface area contributed by atoms with Gasteiger partial charge in [-0.2, -0.15) is 0 Å². The van der Waals surface area contributed by atoms with Gasteiger partial charge >= 0.3 is 0 Å². The molecule has 216 valence electrons. The molecule has 2 N–H and O–H groups in total. The number of rotatable bonds is 10. The molecule has 3 amide bonds. The molecule has 4 aromatic rings. The SMILES string of the molecule is CCNC(=O)c1ccc(/C=C/C(=O)NCC(=O)N(C)c2ccc(C)c(COc3cccc4ncc(C)nc34)c2C)cc1. The summed E-state index contributed by atoms with van der Waals surface area (Å²) >= 11 is 0. The van der Waals surface area contributed by atoms with Crippen molar-refractivity contribution in [3.63, 3.8) is 0 Å². The Morgan fingerprint density at radius 3 is 2.48 bits per heavy atom. The Labute approximate surface area is 245 Å². The lowest BCUT2D eigenvalue weighted by Gasteiger charge is -2.23. The first-order chi connectivity index (χ1) is 20.2. The van der Waals surface area contributed by atoms with Gasteiger partial charge in [0.25, 0.3) is 5.91 Å². The molecule has 0 fully saturated rings. The fourth-order valence-electron chi connectivity index (χ4n) is 4.48. The van der Waals surface area contributed by atoms with Crippen LogP contribution in [-0.2, 0) is 16.2 Å². The van der Waals surface area contributed by atoms with Crippen molar-refractivity contribution < 1.29 is 19.1 Å². The smallest absolute Gasteiger partial charge is 0.251 e. The average molecular weight is 566 g/mol. The molecule has 3 aromatic carbocycles. The van der Waals surface area contributed by atoms with Crippen LogP contribution in [0.1, 0.15) is 45.2 Å². The van der Waals surface area contributed by atoms with Crippen molar-refractivity contribution in [2.75, 3.05) is 25.0 Å². The van der Waals surface area contributed by atoms with Crippen LogP contribution in [0.4, 0.5) is 5.69 Å². The summed E-state index contributed by atoms with van der Waals surface area (Å²) < 4.78 is 6.20. The van der Waals surface area contributed by atoms with Gasteiger partial charge in [0.05, 0.1) is 17.8 Å². The lowest BCUT2D eigenvalue weighted by Crippen LogP contribution is -2.38. The largest absolute Gasteiger partial charge is 0.487 e. The maximum Gasteiger partial charge on any atom is 0.251 e. The molecule has 0 aliphatic rings. The number of anilines is 1. The molecule has 0 saturated carbocycles. The van der Waals surface area contributed by atoms with Crippen LogP contribution in [0.2, 0.25) is 0 Å². The summed E-state index contributed by atoms with van der Waals surface area (Å²) in [5, 5.41) is 5.39. The predicted octanol–water partition coefficient (Wildman–Crippen LogP) is 4.68. The average Bonchev–Trinajstić information content (AvgIpc) is 2.99. The van der Waals surface area contributed by atoms with Crippen LogP contribution in [0.5, 0.6) is 5.75 Å². The second-order valence-electron chi connectivity index (χ2n) is 9.91. The van der Waals surface area contributed by atoms with Gasteiger partial charge in [0.2, 0.25) is 11.8 Å². The molecule has 9 heteroatoms. The van der Waals surface area contributed by atoms with Crippen molar-refractivity contribution in [2.45, 2.75) is 34.3 Å². The molecular formula is C33H35N5O4. The molecule has 9 nitrogen and oxygen atoms in total. The zero-order valence-corrected chi connectivity index (χ0v) is 24.5. The van der Waals surface area contributed by atoms with E-state index in [1.54, 1.807) is 43.6 Å². The van der Waals surface area contributed by atoms with Gasteiger partial charge in [-0.3, -0.25) is 19.4 Å². The van der Waals surface area contributed by atoms with Crippen molar-refractivity contribution in [3.8, 4) is 5.75 Å². The Morgan fingerprint density at radius 2 is 1.74 bits per heavy atom. The summed E-state index contributed by atoms with van der Waals surface area (Å²) in [6.07, 6.45) is 4.72. The quantitative estimate of drug-likeness (QED) is 0.270. The summed E-state index contributed by atoms with van der Waals surface area (Å²) in [5.74, 6) is -0.160. The first-order valence-corrected chi connectivity index (χ1v) is 13.7. The van der Waals surface area contributed by atoms with E-state index in [0.717, 1.165) is 39.2 Å². The highest BCUT2D eigenvalue weighted by Gasteiger charge is 2.17. The van der Waals surface area contributed by atoms with Gasteiger partial charge in [0, 0.05) is 37.1 Å². The Balaban J connectivity index is 1.37. The summed E-state index contributed by atoms with van der Waals surface area (Å²) in [4.78, 5) is 47.8. The van der Waals surface area contributed by atoms with Gasteiger partial charge < -0.3 is 20.3 Å². The Morgan fingerprint density at radius 1 is 0.976 bits per heavy atom. The van der Waals surface area contributed by atoms with Gasteiger partial charge in [-0.1, -0.05) is 24.3 Å². The number of hydrogen-bond donors (Lipinski definition) is 2. The van der Waals surface area contributed by atoms with Crippen molar-refractivity contribution in [1.82, 2.24) is 20.6 Å². The van der Waals surface area contributed by atoms with Crippen LogP contribution in [0.25, 0.3) is 17.1 Å². The number of aromatic nitrogens is 2. The maximum atomic E-state index is 13.0. The molecule has 0 spiro atoms. The van der Waals surface area contributed by atoms with Crippen LogP contribution < -0.4 is 20.3 Å². The first kappa shape index (κ1) is 29.9. The third kappa shape index (κ3) is 7.17. The Kier molecular flexibility index (Phi) is 9.65. The molecule has 0 atom stereocenters. The molecule has 0 aliphatic carbocycles. The Bertz CT molecular complexity index is 1650. The number of aryl methyl sites for hydroxylation is 2. The monoisotopic (exact) mass is 565 g/mol. The van der Waals surface area contributed by atoms with Crippen LogP contribution in [0, 0.1) is 20.8 Å². The van der Waals surface area contributed by atoms with E-state index in [0.29, 0.717) is 30.0 Å². The number of nitrogens with zero attached hydrogens (tertiary/aromatic N) is 3. The third-order valence-corrected chi connectivity index (χ3v) is 6.92. The Hall–Kier alpha value is -5.05. The lowest BCUT2D eigenvalue weighted by molar-refractivity contribution is -0.122. The number of amides is 3. The van der Waals surface area contributed by atoms with Gasteiger partial charge in [-0.15, -0.1) is 0 Å². The highest BCUT2D eigenvalue weighted by molar-refractivity contribution is 5.99. The van der Waals surface area contributed by atoms with E-state index in [-0.39, 0.29) is 18.4 Å². The molecule has 1 aromatic heterocycles. The fraction of sp³-hybridized carbons (Fsp3) is 0.242. The number of fused-ring (bicyclic) bond motifs is 1. The molecule has 1 heterocycles. The number of likely N-dealkylation sites (N-methyl/N-ethyl adjacent to an activating group) is 1. The second kappa shape index (κ2) is 13.5. The minimum absolute atomic E-state index is 0.147. The fourth-order valence-corrected chi connectivity index (χ4v) is 4.48. The molecule has 0 bridgehead atoms. The first-order valence-electron chi connectivity index (χ1n) is 13.7. The molecule has 0 aliphatic heterocycles. The van der Waals surface area contributed by atoms with Gasteiger partial charge in [0.1, 0.15) is 17.9 Å². The maximum absolute atomic E-state index is 13.0. The van der Waals surface area contributed by atoms with Gasteiger partial charge in [-0.25, -0.2) is 4.98 Å². The molecule has 42 heavy (non-hydrogen) atoms. The van der Waals surface area contributed by atoms with Crippen LogP contribution >= 0.6 is 0 Å². The molecular weight excluding hydrogens is 530 g/mol. The molecule has 0 radical (unpaired) electrons. The van der Waals surface area contributed by atoms with Crippen molar-refractivity contribution in [1.29, 1.82) is 0 Å². The van der Waals surface area contributed by atoms with E-state index in [2.05, 4.69) is 20.6 Å². The van der Waals surface area contributed by atoms with E-state index in [1.807, 2.05) is 58.0 Å². The van der Waals surface area contributed by atoms with Gasteiger partial charge in [0.15, 0.2) is 0 Å². The number of hydrogen-bond acceptors (Lipinski definition) is 6. The molecule has 0 unspecified atom stereocenters. The third-order valence-electron chi connectivity index (χ3n) is 6.92. The van der Waals surface area contributed by atoms with Crippen molar-refractivity contribution in [2.24, 2.45) is 0 Å². The van der Waals surface area contributed by atoms with Crippen LogP contribution in [0.15, 0.2) is 66.9 Å². The van der Waals surface area contributed by atoms with E-state index in [4.69, 9.17) is 4.74 Å². The number of ether oxygens (including phenoxy) is 1. The number of nitrogens with one attached hydrogen (secondary N) is 2. The van der Waals surface area contributed by atoms with Crippen molar-refractivity contribution >= 4 is 40.5 Å². The summed E-state index contributed by atoms with van der Waals surface area (Å²) in [6.45, 7) is 8.39. The van der Waals surface area contributed by atoms with Gasteiger partial charge in [-0.05, 0) is 86.4 Å². The highest BCUT2D eigenvalue weighted by atomic mass is 16.5. The van der Waals surface area contributed by atoms with Crippen LogP contribution in [0.3, 0.4) is 0 Å².